The second-order valence-electron chi connectivity index (χ2n) is 6.16. The zero-order valence-electron chi connectivity index (χ0n) is 14.6. The van der Waals surface area contributed by atoms with Gasteiger partial charge in [0.05, 0.1) is 11.1 Å². The molecule has 4 N–H and O–H groups in total. The van der Waals surface area contributed by atoms with Gasteiger partial charge in [-0.05, 0) is 35.7 Å². The number of nitrogens with two attached hydrogens (primary N) is 1. The van der Waals surface area contributed by atoms with Crippen molar-refractivity contribution in [1.82, 2.24) is 4.98 Å². The molecule has 0 spiro atoms. The summed E-state index contributed by atoms with van der Waals surface area (Å²) >= 11 is 0. The molecule has 0 aliphatic heterocycles. The number of rotatable bonds is 5. The van der Waals surface area contributed by atoms with Crippen LogP contribution in [0.25, 0.3) is 22.0 Å². The van der Waals surface area contributed by atoms with E-state index in [0.717, 1.165) is 22.1 Å². The molecule has 0 bridgehead atoms. The molecule has 2 aromatic carbocycles. The van der Waals surface area contributed by atoms with Crippen molar-refractivity contribution in [3.63, 3.8) is 0 Å². The number of nitrogens with one attached hydrogen (secondary N) is 1. The number of fused-ring (bicyclic) bond motifs is 1. The van der Waals surface area contributed by atoms with E-state index in [1.807, 2.05) is 30.3 Å². The van der Waals surface area contributed by atoms with E-state index in [1.165, 1.54) is 6.92 Å². The molecule has 0 radical (unpaired) electrons. The Balaban J connectivity index is 2.05. The number of ketones is 1. The van der Waals surface area contributed by atoms with Crippen molar-refractivity contribution in [3.8, 4) is 17.2 Å². The second-order valence-corrected chi connectivity index (χ2v) is 6.16. The van der Waals surface area contributed by atoms with Crippen molar-refractivity contribution in [2.24, 2.45) is 5.73 Å². The molecule has 1 amide bonds. The van der Waals surface area contributed by atoms with Crippen LogP contribution in [-0.4, -0.2) is 21.8 Å². The van der Waals surface area contributed by atoms with E-state index >= 15 is 0 Å². The molecular formula is C21H17N3O3. The summed E-state index contributed by atoms with van der Waals surface area (Å²) in [7, 11) is 0. The maximum atomic E-state index is 11.6. The van der Waals surface area contributed by atoms with E-state index in [4.69, 9.17) is 11.0 Å². The third kappa shape index (κ3) is 3.44. The van der Waals surface area contributed by atoms with Crippen LogP contribution in [0, 0.1) is 11.3 Å². The molecule has 6 heteroatoms. The van der Waals surface area contributed by atoms with Crippen LogP contribution >= 0.6 is 0 Å². The van der Waals surface area contributed by atoms with Gasteiger partial charge in [-0.25, -0.2) is 0 Å². The van der Waals surface area contributed by atoms with Crippen LogP contribution in [0.15, 0.2) is 60.0 Å². The van der Waals surface area contributed by atoms with Crippen LogP contribution in [0.5, 0.6) is 0 Å². The summed E-state index contributed by atoms with van der Waals surface area (Å²) in [6, 6.07) is 14.5. The topological polar surface area (TPSA) is 120 Å². The van der Waals surface area contributed by atoms with Gasteiger partial charge in [-0.2, -0.15) is 5.26 Å². The van der Waals surface area contributed by atoms with Crippen LogP contribution < -0.4 is 5.73 Å². The summed E-state index contributed by atoms with van der Waals surface area (Å²) in [5.74, 6) is -1.23. The first kappa shape index (κ1) is 18.0. The van der Waals surface area contributed by atoms with Crippen molar-refractivity contribution in [2.75, 3.05) is 0 Å². The highest BCUT2D eigenvalue weighted by molar-refractivity contribution is 6.09. The van der Waals surface area contributed by atoms with Gasteiger partial charge >= 0.3 is 0 Å². The number of carbonyl (C=O) groups excluding carboxylic acids is 2. The van der Waals surface area contributed by atoms with E-state index in [0.29, 0.717) is 11.1 Å². The average molecular weight is 359 g/mol. The highest BCUT2D eigenvalue weighted by Gasteiger charge is 2.14. The van der Waals surface area contributed by atoms with Gasteiger partial charge < -0.3 is 15.8 Å². The van der Waals surface area contributed by atoms with Gasteiger partial charge in [0.2, 0.25) is 0 Å². The molecule has 0 aliphatic carbocycles. The third-order valence-electron chi connectivity index (χ3n) is 4.35. The first-order valence-corrected chi connectivity index (χ1v) is 8.24. The van der Waals surface area contributed by atoms with Crippen LogP contribution in [0.4, 0.5) is 0 Å². The lowest BCUT2D eigenvalue weighted by atomic mass is 9.96. The fraction of sp³-hybridized carbons (Fsp3) is 0.0952. The zero-order chi connectivity index (χ0) is 19.6. The Morgan fingerprint density at radius 3 is 2.67 bits per heavy atom. The predicted molar refractivity (Wildman–Crippen MR) is 102 cm³/mol. The summed E-state index contributed by atoms with van der Waals surface area (Å²) in [5, 5.41) is 20.0. The normalized spacial score (nSPS) is 11.7. The van der Waals surface area contributed by atoms with Crippen LogP contribution in [0.1, 0.15) is 22.8 Å². The fourth-order valence-corrected chi connectivity index (χ4v) is 3.09. The van der Waals surface area contributed by atoms with Crippen LogP contribution in [0.3, 0.4) is 0 Å². The number of carbonyl (C=O) groups is 2. The van der Waals surface area contributed by atoms with E-state index in [2.05, 4.69) is 4.98 Å². The molecule has 0 saturated heterocycles. The smallest absolute Gasteiger partial charge is 0.250 e. The van der Waals surface area contributed by atoms with Gasteiger partial charge in [-0.1, -0.05) is 30.3 Å². The maximum absolute atomic E-state index is 11.6. The number of Topliss-reactive ketones (excluding diaryl/α,β-unsaturated/α-hetero) is 1. The van der Waals surface area contributed by atoms with Gasteiger partial charge in [0.25, 0.3) is 5.91 Å². The van der Waals surface area contributed by atoms with E-state index < -0.39 is 11.7 Å². The molecule has 0 unspecified atom stereocenters. The second kappa shape index (κ2) is 7.18. The Kier molecular flexibility index (Phi) is 4.77. The lowest BCUT2D eigenvalue weighted by molar-refractivity contribution is -0.113. The van der Waals surface area contributed by atoms with E-state index in [1.54, 1.807) is 24.4 Å². The van der Waals surface area contributed by atoms with Gasteiger partial charge in [0.15, 0.2) is 5.78 Å². The van der Waals surface area contributed by atoms with Crippen LogP contribution in [-0.2, 0) is 11.2 Å². The summed E-state index contributed by atoms with van der Waals surface area (Å²) in [6.07, 6.45) is 1.82. The maximum Gasteiger partial charge on any atom is 0.250 e. The zero-order valence-corrected chi connectivity index (χ0v) is 14.6. The minimum atomic E-state index is -0.508. The number of allylic oxidation sites excluding steroid dienone is 2. The Labute approximate surface area is 155 Å². The van der Waals surface area contributed by atoms with Gasteiger partial charge in [0, 0.05) is 18.0 Å². The summed E-state index contributed by atoms with van der Waals surface area (Å²) < 4.78 is 0. The first-order chi connectivity index (χ1) is 12.9. The molecular weight excluding hydrogens is 342 g/mol. The number of primary amides is 1. The molecule has 27 heavy (non-hydrogen) atoms. The van der Waals surface area contributed by atoms with Crippen molar-refractivity contribution in [1.29, 1.82) is 5.26 Å². The SMILES string of the molecule is CC(=O)C(C#N)=C(O)Cc1cccc(-c2ccc(C(N)=O)c3[nH]ccc23)c1. The van der Waals surface area contributed by atoms with Crippen molar-refractivity contribution < 1.29 is 14.7 Å². The number of aromatic nitrogens is 1. The number of aromatic amines is 1. The van der Waals surface area contributed by atoms with E-state index in [-0.39, 0.29) is 17.8 Å². The molecule has 0 atom stereocenters. The van der Waals surface area contributed by atoms with Gasteiger partial charge in [-0.15, -0.1) is 0 Å². The Morgan fingerprint density at radius 1 is 1.22 bits per heavy atom. The Morgan fingerprint density at radius 2 is 2.00 bits per heavy atom. The average Bonchev–Trinajstić information content (AvgIpc) is 3.10. The molecule has 0 fully saturated rings. The lowest BCUT2D eigenvalue weighted by Gasteiger charge is -2.09. The number of amides is 1. The Bertz CT molecular complexity index is 1130. The monoisotopic (exact) mass is 359 g/mol. The van der Waals surface area contributed by atoms with Crippen LogP contribution in [0.2, 0.25) is 0 Å². The number of nitrogens with zero attached hydrogens (tertiary/aromatic N) is 1. The molecule has 134 valence electrons. The number of hydrogen-bond donors (Lipinski definition) is 3. The van der Waals surface area contributed by atoms with Crippen molar-refractivity contribution in [2.45, 2.75) is 13.3 Å². The molecule has 0 saturated carbocycles. The molecule has 1 aromatic heterocycles. The van der Waals surface area contributed by atoms with E-state index in [9.17, 15) is 14.7 Å². The number of aliphatic hydroxyl groups excluding tert-OH is 1. The number of H-pyrrole nitrogens is 1. The minimum Gasteiger partial charge on any atom is -0.510 e. The molecule has 1 heterocycles. The predicted octanol–water partition coefficient (Wildman–Crippen LogP) is 3.40. The summed E-state index contributed by atoms with van der Waals surface area (Å²) in [5.41, 5.74) is 8.79. The Hall–Kier alpha value is -3.85. The molecule has 3 aromatic rings. The highest BCUT2D eigenvalue weighted by atomic mass is 16.3. The van der Waals surface area contributed by atoms with Crippen molar-refractivity contribution >= 4 is 22.6 Å². The fourth-order valence-electron chi connectivity index (χ4n) is 3.09. The van der Waals surface area contributed by atoms with Gasteiger partial charge in [0.1, 0.15) is 17.4 Å². The number of hydrogen-bond acceptors (Lipinski definition) is 4. The van der Waals surface area contributed by atoms with Crippen molar-refractivity contribution in [3.05, 3.63) is 71.1 Å². The number of benzene rings is 2. The first-order valence-electron chi connectivity index (χ1n) is 8.24. The summed E-state index contributed by atoms with van der Waals surface area (Å²) in [4.78, 5) is 26.1. The third-order valence-corrected chi connectivity index (χ3v) is 4.35. The minimum absolute atomic E-state index is 0.0754. The van der Waals surface area contributed by atoms with Gasteiger partial charge in [-0.3, -0.25) is 9.59 Å². The standard InChI is InChI=1S/C21H17N3O3/c1-12(25)18(11-22)19(26)10-13-3-2-4-14(9-13)15-5-6-17(21(23)27)20-16(15)7-8-24-20/h2-9,24,26H,10H2,1H3,(H2,23,27). The molecule has 3 rings (SSSR count). The molecule has 6 nitrogen and oxygen atoms in total. The highest BCUT2D eigenvalue weighted by Crippen LogP contribution is 2.31. The summed E-state index contributed by atoms with van der Waals surface area (Å²) in [6.45, 7) is 1.24. The lowest BCUT2D eigenvalue weighted by Crippen LogP contribution is -2.11. The number of nitriles is 1. The molecule has 0 aliphatic rings. The quantitative estimate of drug-likeness (QED) is 0.367. The largest absolute Gasteiger partial charge is 0.510 e. The number of aliphatic hydroxyl groups is 1.